The van der Waals surface area contributed by atoms with Crippen LogP contribution in [-0.4, -0.2) is 9.97 Å². The average molecular weight is 237 g/mol. The predicted octanol–water partition coefficient (Wildman–Crippen LogP) is 3.92. The van der Waals surface area contributed by atoms with Crippen LogP contribution < -0.4 is 5.32 Å². The van der Waals surface area contributed by atoms with Crippen LogP contribution in [0.25, 0.3) is 11.0 Å². The molecule has 0 amide bonds. The molecule has 0 saturated carbocycles. The van der Waals surface area contributed by atoms with Gasteiger partial charge < -0.3 is 10.3 Å². The normalized spacial score (nSPS) is 10.8. The van der Waals surface area contributed by atoms with E-state index >= 15 is 0 Å². The Bertz CT molecular complexity index is 665. The van der Waals surface area contributed by atoms with Crippen LogP contribution in [-0.2, 0) is 0 Å². The van der Waals surface area contributed by atoms with Crippen LogP contribution in [0.3, 0.4) is 0 Å². The number of imidazole rings is 1. The number of nitrogens with one attached hydrogen (secondary N) is 2. The molecule has 2 N–H and O–H groups in total. The molecule has 2 aromatic carbocycles. The summed E-state index contributed by atoms with van der Waals surface area (Å²) in [7, 11) is 0. The highest BCUT2D eigenvalue weighted by Gasteiger charge is 2.04. The molecule has 0 spiro atoms. The van der Waals surface area contributed by atoms with Gasteiger partial charge in [0.05, 0.1) is 11.0 Å². The third kappa shape index (κ3) is 1.95. The maximum Gasteiger partial charge on any atom is 0.205 e. The van der Waals surface area contributed by atoms with E-state index in [2.05, 4.69) is 47.3 Å². The van der Waals surface area contributed by atoms with E-state index in [1.54, 1.807) is 0 Å². The molecule has 3 aromatic rings. The van der Waals surface area contributed by atoms with E-state index in [9.17, 15) is 0 Å². The van der Waals surface area contributed by atoms with Gasteiger partial charge in [0.15, 0.2) is 0 Å². The third-order valence-corrected chi connectivity index (χ3v) is 3.04. The summed E-state index contributed by atoms with van der Waals surface area (Å²) >= 11 is 0. The summed E-state index contributed by atoms with van der Waals surface area (Å²) in [6.45, 7) is 4.17. The predicted molar refractivity (Wildman–Crippen MR) is 75.3 cm³/mol. The van der Waals surface area contributed by atoms with E-state index in [1.807, 2.05) is 24.3 Å². The molecular formula is C15H15N3. The summed E-state index contributed by atoms with van der Waals surface area (Å²) in [6, 6.07) is 14.4. The van der Waals surface area contributed by atoms with Crippen molar-refractivity contribution in [2.24, 2.45) is 0 Å². The van der Waals surface area contributed by atoms with Gasteiger partial charge in [-0.3, -0.25) is 0 Å². The standard InChI is InChI=1S/C15H15N3/c1-10-7-8-11(2)14(9-10)18-15-16-12-5-3-4-6-13(12)17-15/h3-9H,1-2H3,(H2,16,17,18). The van der Waals surface area contributed by atoms with Gasteiger partial charge in [0.1, 0.15) is 0 Å². The highest BCUT2D eigenvalue weighted by atomic mass is 15.1. The topological polar surface area (TPSA) is 40.7 Å². The van der Waals surface area contributed by atoms with Gasteiger partial charge in [-0.15, -0.1) is 0 Å². The van der Waals surface area contributed by atoms with Gasteiger partial charge in [-0.2, -0.15) is 0 Å². The smallest absolute Gasteiger partial charge is 0.205 e. The van der Waals surface area contributed by atoms with Crippen LogP contribution >= 0.6 is 0 Å². The van der Waals surface area contributed by atoms with Crippen molar-refractivity contribution in [3.8, 4) is 0 Å². The first-order valence-corrected chi connectivity index (χ1v) is 6.01. The lowest BCUT2D eigenvalue weighted by atomic mass is 10.1. The molecule has 3 rings (SSSR count). The van der Waals surface area contributed by atoms with Crippen molar-refractivity contribution in [3.05, 3.63) is 53.6 Å². The fourth-order valence-corrected chi connectivity index (χ4v) is 2.01. The van der Waals surface area contributed by atoms with E-state index < -0.39 is 0 Å². The van der Waals surface area contributed by atoms with Crippen molar-refractivity contribution in [1.29, 1.82) is 0 Å². The lowest BCUT2D eigenvalue weighted by Gasteiger charge is -2.07. The van der Waals surface area contributed by atoms with Crippen molar-refractivity contribution in [2.75, 3.05) is 5.32 Å². The number of fused-ring (bicyclic) bond motifs is 1. The number of anilines is 2. The molecule has 3 heteroatoms. The minimum absolute atomic E-state index is 0.782. The second-order valence-corrected chi connectivity index (χ2v) is 4.55. The van der Waals surface area contributed by atoms with E-state index in [0.717, 1.165) is 22.7 Å². The zero-order valence-electron chi connectivity index (χ0n) is 10.5. The summed E-state index contributed by atoms with van der Waals surface area (Å²) in [6.07, 6.45) is 0. The summed E-state index contributed by atoms with van der Waals surface area (Å²) in [5.74, 6) is 0.782. The second kappa shape index (κ2) is 4.18. The van der Waals surface area contributed by atoms with Crippen LogP contribution in [0.5, 0.6) is 0 Å². The molecular weight excluding hydrogens is 222 g/mol. The molecule has 18 heavy (non-hydrogen) atoms. The van der Waals surface area contributed by atoms with Gasteiger partial charge in [-0.25, -0.2) is 4.98 Å². The molecule has 3 nitrogen and oxygen atoms in total. The second-order valence-electron chi connectivity index (χ2n) is 4.55. The summed E-state index contributed by atoms with van der Waals surface area (Å²) in [5, 5.41) is 3.34. The van der Waals surface area contributed by atoms with Gasteiger partial charge in [0, 0.05) is 5.69 Å². The van der Waals surface area contributed by atoms with Crippen LogP contribution in [0, 0.1) is 13.8 Å². The van der Waals surface area contributed by atoms with Crippen LogP contribution in [0.4, 0.5) is 11.6 Å². The van der Waals surface area contributed by atoms with Crippen LogP contribution in [0.15, 0.2) is 42.5 Å². The fourth-order valence-electron chi connectivity index (χ4n) is 2.01. The Morgan fingerprint density at radius 3 is 2.72 bits per heavy atom. The average Bonchev–Trinajstić information content (AvgIpc) is 2.76. The van der Waals surface area contributed by atoms with Crippen LogP contribution in [0.1, 0.15) is 11.1 Å². The molecule has 0 saturated heterocycles. The lowest BCUT2D eigenvalue weighted by molar-refractivity contribution is 1.28. The van der Waals surface area contributed by atoms with E-state index in [-0.39, 0.29) is 0 Å². The number of nitrogens with zero attached hydrogens (tertiary/aromatic N) is 1. The van der Waals surface area contributed by atoms with E-state index in [0.29, 0.717) is 0 Å². The number of para-hydroxylation sites is 2. The van der Waals surface area contributed by atoms with Crippen LogP contribution in [0.2, 0.25) is 0 Å². The number of hydrogen-bond acceptors (Lipinski definition) is 2. The number of aryl methyl sites for hydroxylation is 2. The number of benzene rings is 2. The van der Waals surface area contributed by atoms with Gasteiger partial charge in [-0.1, -0.05) is 24.3 Å². The summed E-state index contributed by atoms with van der Waals surface area (Å²) < 4.78 is 0. The Kier molecular flexibility index (Phi) is 2.52. The first kappa shape index (κ1) is 10.8. The molecule has 1 aromatic heterocycles. The Labute approximate surface area is 106 Å². The van der Waals surface area contributed by atoms with E-state index in [1.165, 1.54) is 11.1 Å². The Hall–Kier alpha value is -2.29. The highest BCUT2D eigenvalue weighted by molar-refractivity contribution is 5.78. The Morgan fingerprint density at radius 2 is 1.89 bits per heavy atom. The van der Waals surface area contributed by atoms with Crippen molar-refractivity contribution in [2.45, 2.75) is 13.8 Å². The van der Waals surface area contributed by atoms with Gasteiger partial charge in [0.2, 0.25) is 5.95 Å². The molecule has 0 fully saturated rings. The maximum atomic E-state index is 4.51. The number of aromatic nitrogens is 2. The summed E-state index contributed by atoms with van der Waals surface area (Å²) in [5.41, 5.74) is 5.56. The highest BCUT2D eigenvalue weighted by Crippen LogP contribution is 2.21. The first-order chi connectivity index (χ1) is 8.72. The zero-order chi connectivity index (χ0) is 12.5. The van der Waals surface area contributed by atoms with Gasteiger partial charge in [-0.05, 0) is 43.2 Å². The monoisotopic (exact) mass is 237 g/mol. The number of rotatable bonds is 2. The van der Waals surface area contributed by atoms with Crippen molar-refractivity contribution in [1.82, 2.24) is 9.97 Å². The Balaban J connectivity index is 1.98. The lowest BCUT2D eigenvalue weighted by Crippen LogP contribution is -1.95. The number of hydrogen-bond donors (Lipinski definition) is 2. The molecule has 0 radical (unpaired) electrons. The zero-order valence-corrected chi connectivity index (χ0v) is 10.5. The largest absolute Gasteiger partial charge is 0.326 e. The van der Waals surface area contributed by atoms with Gasteiger partial charge >= 0.3 is 0 Å². The van der Waals surface area contributed by atoms with Gasteiger partial charge in [0.25, 0.3) is 0 Å². The first-order valence-electron chi connectivity index (χ1n) is 6.01. The SMILES string of the molecule is Cc1ccc(C)c(Nc2nc3ccccc3[nH]2)c1. The third-order valence-electron chi connectivity index (χ3n) is 3.04. The minimum atomic E-state index is 0.782. The van der Waals surface area contributed by atoms with Crippen molar-refractivity contribution >= 4 is 22.7 Å². The molecule has 0 bridgehead atoms. The van der Waals surface area contributed by atoms with Crippen molar-refractivity contribution in [3.63, 3.8) is 0 Å². The number of H-pyrrole nitrogens is 1. The Morgan fingerprint density at radius 1 is 1.06 bits per heavy atom. The maximum absolute atomic E-state index is 4.51. The molecule has 1 heterocycles. The summed E-state index contributed by atoms with van der Waals surface area (Å²) in [4.78, 5) is 7.78. The molecule has 0 aliphatic rings. The molecule has 0 aliphatic carbocycles. The molecule has 0 unspecified atom stereocenters. The molecule has 0 atom stereocenters. The quantitative estimate of drug-likeness (QED) is 0.709. The van der Waals surface area contributed by atoms with Crippen molar-refractivity contribution < 1.29 is 0 Å². The minimum Gasteiger partial charge on any atom is -0.326 e. The molecule has 90 valence electrons. The number of aromatic amines is 1. The van der Waals surface area contributed by atoms with E-state index in [4.69, 9.17) is 0 Å². The molecule has 0 aliphatic heterocycles. The fraction of sp³-hybridized carbons (Fsp3) is 0.133.